The van der Waals surface area contributed by atoms with Crippen LogP contribution in [0.15, 0.2) is 0 Å². The van der Waals surface area contributed by atoms with Crippen LogP contribution in [0.5, 0.6) is 0 Å². The third-order valence-corrected chi connectivity index (χ3v) is 5.62. The first-order chi connectivity index (χ1) is 9.69. The second-order valence-electron chi connectivity index (χ2n) is 7.45. The fraction of sp³-hybridized carbons (Fsp3) is 0.938. The van der Waals surface area contributed by atoms with Crippen molar-refractivity contribution < 1.29 is 9.90 Å². The van der Waals surface area contributed by atoms with Crippen molar-refractivity contribution >= 4 is 5.91 Å². The minimum absolute atomic E-state index is 0.110. The van der Waals surface area contributed by atoms with E-state index in [4.69, 9.17) is 5.11 Å². The van der Waals surface area contributed by atoms with Crippen molar-refractivity contribution in [3.63, 3.8) is 0 Å². The molecule has 0 aliphatic heterocycles. The van der Waals surface area contributed by atoms with Gasteiger partial charge in [0.25, 0.3) is 0 Å². The van der Waals surface area contributed by atoms with Crippen LogP contribution >= 0.6 is 0 Å². The van der Waals surface area contributed by atoms with Crippen molar-refractivity contribution in [1.82, 2.24) is 10.6 Å². The van der Waals surface area contributed by atoms with Gasteiger partial charge in [-0.2, -0.15) is 0 Å². The molecule has 0 unspecified atom stereocenters. The van der Waals surface area contributed by atoms with E-state index in [9.17, 15) is 4.79 Å². The third kappa shape index (κ3) is 3.17. The minimum atomic E-state index is 0.110. The van der Waals surface area contributed by atoms with Crippen LogP contribution in [0.4, 0.5) is 0 Å². The molecule has 4 heteroatoms. The van der Waals surface area contributed by atoms with Gasteiger partial charge in [0.1, 0.15) is 0 Å². The summed E-state index contributed by atoms with van der Waals surface area (Å²) in [6.45, 7) is 2.16. The van der Waals surface area contributed by atoms with Gasteiger partial charge in [-0.1, -0.05) is 0 Å². The number of aliphatic hydroxyl groups excluding tert-OH is 1. The molecule has 0 aromatic rings. The highest BCUT2D eigenvalue weighted by Crippen LogP contribution is 2.59. The van der Waals surface area contributed by atoms with Crippen molar-refractivity contribution in [3.05, 3.63) is 0 Å². The Bertz CT molecular complexity index is 321. The van der Waals surface area contributed by atoms with Crippen molar-refractivity contribution in [2.45, 2.75) is 44.9 Å². The average Bonchev–Trinajstić information content (AvgIpc) is 2.40. The number of hydrogen-bond donors (Lipinski definition) is 3. The highest BCUT2D eigenvalue weighted by molar-refractivity contribution is 5.78. The fourth-order valence-corrected chi connectivity index (χ4v) is 5.26. The largest absolute Gasteiger partial charge is 0.396 e. The number of nitrogens with one attached hydrogen (secondary N) is 2. The van der Waals surface area contributed by atoms with Gasteiger partial charge in [0.15, 0.2) is 0 Å². The molecule has 4 nitrogen and oxygen atoms in total. The van der Waals surface area contributed by atoms with Gasteiger partial charge in [0.05, 0.1) is 6.54 Å². The molecule has 3 N–H and O–H groups in total. The molecule has 0 aromatic heterocycles. The Labute approximate surface area is 121 Å². The van der Waals surface area contributed by atoms with Crippen LogP contribution in [-0.4, -0.2) is 37.3 Å². The molecule has 4 aliphatic carbocycles. The van der Waals surface area contributed by atoms with Gasteiger partial charge in [0, 0.05) is 13.2 Å². The lowest BCUT2D eigenvalue weighted by molar-refractivity contribution is -0.122. The number of amides is 1. The first kappa shape index (κ1) is 14.3. The SMILES string of the molecule is O=C(CNCCCO)NCC12CC3CC(CC(C3)C1)C2. The zero-order chi connectivity index (χ0) is 14.0. The summed E-state index contributed by atoms with van der Waals surface area (Å²) in [6, 6.07) is 0. The monoisotopic (exact) mass is 280 g/mol. The predicted octanol–water partition coefficient (Wildman–Crippen LogP) is 1.29. The molecule has 0 atom stereocenters. The molecule has 4 rings (SSSR count). The van der Waals surface area contributed by atoms with E-state index in [0.717, 1.165) is 24.3 Å². The molecule has 4 fully saturated rings. The molecule has 4 saturated carbocycles. The van der Waals surface area contributed by atoms with Crippen molar-refractivity contribution in [2.75, 3.05) is 26.2 Å². The maximum absolute atomic E-state index is 11.9. The molecule has 0 spiro atoms. The number of carbonyl (C=O) groups is 1. The molecule has 114 valence electrons. The van der Waals surface area contributed by atoms with E-state index in [1.54, 1.807) is 0 Å². The van der Waals surface area contributed by atoms with Crippen LogP contribution in [0.2, 0.25) is 0 Å². The molecular formula is C16H28N2O2. The van der Waals surface area contributed by atoms with E-state index >= 15 is 0 Å². The highest BCUT2D eigenvalue weighted by atomic mass is 16.3. The molecule has 0 saturated heterocycles. The van der Waals surface area contributed by atoms with Crippen molar-refractivity contribution in [1.29, 1.82) is 0 Å². The van der Waals surface area contributed by atoms with E-state index in [1.165, 1.54) is 38.5 Å². The topological polar surface area (TPSA) is 61.4 Å². The second kappa shape index (κ2) is 6.02. The lowest BCUT2D eigenvalue weighted by Crippen LogP contribution is -2.51. The van der Waals surface area contributed by atoms with Crippen LogP contribution < -0.4 is 10.6 Å². The molecule has 0 radical (unpaired) electrons. The normalized spacial score (nSPS) is 38.1. The summed E-state index contributed by atoms with van der Waals surface area (Å²) >= 11 is 0. The third-order valence-electron chi connectivity index (χ3n) is 5.62. The summed E-state index contributed by atoms with van der Waals surface area (Å²) in [5, 5.41) is 14.9. The Kier molecular flexibility index (Phi) is 4.32. The van der Waals surface area contributed by atoms with Crippen LogP contribution in [0.3, 0.4) is 0 Å². The minimum Gasteiger partial charge on any atom is -0.396 e. The standard InChI is InChI=1S/C16H28N2O2/c19-3-1-2-17-10-15(20)18-11-16-7-12-4-13(8-16)6-14(5-12)9-16/h12-14,17,19H,1-11H2,(H,18,20). The Morgan fingerprint density at radius 2 is 1.70 bits per heavy atom. The maximum atomic E-state index is 11.9. The molecule has 20 heavy (non-hydrogen) atoms. The van der Waals surface area contributed by atoms with Gasteiger partial charge in [-0.25, -0.2) is 0 Å². The molecule has 1 amide bonds. The molecule has 0 aromatic carbocycles. The Morgan fingerprint density at radius 1 is 1.10 bits per heavy atom. The van der Waals surface area contributed by atoms with Crippen LogP contribution in [0.25, 0.3) is 0 Å². The van der Waals surface area contributed by atoms with Crippen LogP contribution in [-0.2, 0) is 4.79 Å². The first-order valence-electron chi connectivity index (χ1n) is 8.27. The van der Waals surface area contributed by atoms with Gasteiger partial charge in [0.2, 0.25) is 5.91 Å². The second-order valence-corrected chi connectivity index (χ2v) is 7.45. The summed E-state index contributed by atoms with van der Waals surface area (Å²) < 4.78 is 0. The number of aliphatic hydroxyl groups is 1. The van der Waals surface area contributed by atoms with E-state index < -0.39 is 0 Å². The smallest absolute Gasteiger partial charge is 0.233 e. The predicted molar refractivity (Wildman–Crippen MR) is 78.2 cm³/mol. The lowest BCUT2D eigenvalue weighted by Gasteiger charge is -2.56. The summed E-state index contributed by atoms with van der Waals surface area (Å²) in [4.78, 5) is 11.9. The Morgan fingerprint density at radius 3 is 2.25 bits per heavy atom. The Balaban J connectivity index is 1.43. The van der Waals surface area contributed by atoms with Crippen LogP contribution in [0, 0.1) is 23.2 Å². The van der Waals surface area contributed by atoms with Gasteiger partial charge < -0.3 is 15.7 Å². The summed E-state index contributed by atoms with van der Waals surface area (Å²) in [6.07, 6.45) is 9.11. The molecule has 4 aliphatic rings. The molecular weight excluding hydrogens is 252 g/mol. The van der Waals surface area contributed by atoms with Crippen molar-refractivity contribution in [3.8, 4) is 0 Å². The first-order valence-corrected chi connectivity index (χ1v) is 8.27. The maximum Gasteiger partial charge on any atom is 0.233 e. The van der Waals surface area contributed by atoms with E-state index in [2.05, 4.69) is 10.6 Å². The highest BCUT2D eigenvalue weighted by Gasteiger charge is 2.50. The lowest BCUT2D eigenvalue weighted by atomic mass is 9.49. The van der Waals surface area contributed by atoms with Crippen LogP contribution in [0.1, 0.15) is 44.9 Å². The van der Waals surface area contributed by atoms with E-state index in [0.29, 0.717) is 24.9 Å². The quantitative estimate of drug-likeness (QED) is 0.616. The van der Waals surface area contributed by atoms with E-state index in [-0.39, 0.29) is 12.5 Å². The molecule has 4 bridgehead atoms. The van der Waals surface area contributed by atoms with Gasteiger partial charge in [-0.05, 0) is 74.7 Å². The number of carbonyl (C=O) groups excluding carboxylic acids is 1. The summed E-state index contributed by atoms with van der Waals surface area (Å²) in [5.74, 6) is 2.95. The zero-order valence-corrected chi connectivity index (χ0v) is 12.4. The van der Waals surface area contributed by atoms with Crippen molar-refractivity contribution in [2.24, 2.45) is 23.2 Å². The molecule has 0 heterocycles. The van der Waals surface area contributed by atoms with Gasteiger partial charge in [-0.15, -0.1) is 0 Å². The summed E-state index contributed by atoms with van der Waals surface area (Å²) in [7, 11) is 0. The van der Waals surface area contributed by atoms with E-state index in [1.807, 2.05) is 0 Å². The average molecular weight is 280 g/mol. The Hall–Kier alpha value is -0.610. The fourth-order valence-electron chi connectivity index (χ4n) is 5.26. The summed E-state index contributed by atoms with van der Waals surface area (Å²) in [5.41, 5.74) is 0.426. The number of hydrogen-bond acceptors (Lipinski definition) is 3. The zero-order valence-electron chi connectivity index (χ0n) is 12.4. The number of rotatable bonds is 7. The van der Waals surface area contributed by atoms with Gasteiger partial charge in [-0.3, -0.25) is 4.79 Å². The van der Waals surface area contributed by atoms with Gasteiger partial charge >= 0.3 is 0 Å².